The summed E-state index contributed by atoms with van der Waals surface area (Å²) in [6.07, 6.45) is 10.8. The first-order chi connectivity index (χ1) is 20.3. The average molecular weight is 649 g/mol. The van der Waals surface area contributed by atoms with E-state index in [4.69, 9.17) is 13.6 Å². The van der Waals surface area contributed by atoms with Crippen molar-refractivity contribution in [3.63, 3.8) is 0 Å². The maximum atomic E-state index is 15.9. The van der Waals surface area contributed by atoms with E-state index in [-0.39, 0.29) is 40.1 Å². The van der Waals surface area contributed by atoms with Gasteiger partial charge in [0.25, 0.3) is 0 Å². The van der Waals surface area contributed by atoms with Gasteiger partial charge in [0, 0.05) is 24.7 Å². The van der Waals surface area contributed by atoms with Crippen molar-refractivity contribution < 1.29 is 22.8 Å². The van der Waals surface area contributed by atoms with Gasteiger partial charge < -0.3 is 13.6 Å². The largest absolute Gasteiger partial charge is 0.469 e. The Morgan fingerprint density at radius 2 is 1.57 bits per heavy atom. The molecule has 1 aliphatic carbocycles. The lowest BCUT2D eigenvalue weighted by Gasteiger charge is -2.40. The number of hydrogen-bond donors (Lipinski definition) is 0. The minimum atomic E-state index is -2.10. The summed E-state index contributed by atoms with van der Waals surface area (Å²) in [5.41, 5.74) is 2.40. The Labute approximate surface area is 272 Å². The summed E-state index contributed by atoms with van der Waals surface area (Å²) in [5, 5.41) is 0.196. The van der Waals surface area contributed by atoms with Crippen LogP contribution in [-0.2, 0) is 18.4 Å². The monoisotopic (exact) mass is 648 g/mol. The smallest absolute Gasteiger partial charge is 0.305 e. The number of unbranched alkanes of at least 4 members (excludes halogenated alkanes) is 3. The van der Waals surface area contributed by atoms with Crippen LogP contribution in [0.3, 0.4) is 0 Å². The van der Waals surface area contributed by atoms with Gasteiger partial charge in [-0.25, -0.2) is 4.39 Å². The van der Waals surface area contributed by atoms with Crippen LogP contribution in [0.2, 0.25) is 36.3 Å². The first-order valence-electron chi connectivity index (χ1n) is 17.2. The number of carbonyl (C=O) groups excluding carboxylic acids is 1. The Morgan fingerprint density at radius 1 is 0.955 bits per heavy atom. The molecule has 0 aromatic heterocycles. The number of rotatable bonds is 16. The van der Waals surface area contributed by atoms with E-state index in [1.807, 2.05) is 0 Å². The lowest BCUT2D eigenvalue weighted by molar-refractivity contribution is -0.140. The summed E-state index contributed by atoms with van der Waals surface area (Å²) in [4.78, 5) is 11.4. The highest BCUT2D eigenvalue weighted by Crippen LogP contribution is 2.49. The summed E-state index contributed by atoms with van der Waals surface area (Å²) in [5.74, 6) is -0.335. The zero-order chi connectivity index (χ0) is 33.3. The second kappa shape index (κ2) is 16.5. The van der Waals surface area contributed by atoms with Crippen molar-refractivity contribution in [2.24, 2.45) is 5.92 Å². The molecule has 1 aliphatic rings. The van der Waals surface area contributed by atoms with Crippen LogP contribution in [0.5, 0.6) is 0 Å². The molecule has 1 saturated carbocycles. The fourth-order valence-electron chi connectivity index (χ4n) is 5.65. The lowest BCUT2D eigenvalue weighted by Crippen LogP contribution is -2.44. The van der Waals surface area contributed by atoms with Gasteiger partial charge in [-0.1, -0.05) is 104 Å². The number of alkyl halides is 1. The van der Waals surface area contributed by atoms with Crippen molar-refractivity contribution in [3.8, 4) is 0 Å². The predicted octanol–water partition coefficient (Wildman–Crippen LogP) is 11.5. The second-order valence-electron chi connectivity index (χ2n) is 16.1. The number of ether oxygens (including phenoxy) is 1. The molecule has 7 heteroatoms. The van der Waals surface area contributed by atoms with E-state index in [2.05, 4.69) is 111 Å². The Balaban J connectivity index is 2.37. The molecule has 4 nitrogen and oxygen atoms in total. The van der Waals surface area contributed by atoms with Crippen LogP contribution < -0.4 is 0 Å². The molecule has 1 aromatic carbocycles. The maximum absolute atomic E-state index is 15.9. The molecule has 44 heavy (non-hydrogen) atoms. The summed E-state index contributed by atoms with van der Waals surface area (Å²) >= 11 is 0. The van der Waals surface area contributed by atoms with Gasteiger partial charge in [0.15, 0.2) is 16.6 Å². The van der Waals surface area contributed by atoms with Gasteiger partial charge >= 0.3 is 5.97 Å². The summed E-state index contributed by atoms with van der Waals surface area (Å²) < 4.78 is 34.6. The molecule has 0 heterocycles. The number of hydrogen-bond acceptors (Lipinski definition) is 4. The second-order valence-corrected chi connectivity index (χ2v) is 25.6. The molecule has 0 aliphatic heterocycles. The molecule has 0 bridgehead atoms. The number of esters is 1. The molecule has 0 radical (unpaired) electrons. The van der Waals surface area contributed by atoms with Crippen molar-refractivity contribution in [3.05, 3.63) is 47.5 Å². The van der Waals surface area contributed by atoms with Gasteiger partial charge in [-0.2, -0.15) is 0 Å². The summed E-state index contributed by atoms with van der Waals surface area (Å²) in [7, 11) is -2.64. The van der Waals surface area contributed by atoms with Crippen LogP contribution in [0.4, 0.5) is 4.39 Å². The third kappa shape index (κ3) is 10.9. The van der Waals surface area contributed by atoms with Crippen LogP contribution in [0.1, 0.15) is 129 Å². The standard InChI is InChI=1S/C37H65FO4Si2/c1-13-14-17-21-32(41-43(9,10)36(2,3)4)28-23-25-29(26-24-28)35-30(20-18-15-16-19-22-34(39)40-8)31(38)27-33(35)42-44(11,12)37(5,6)7/h15,18,23-26,30-33,35H,13-14,16-17,19-22,27H2,1-12H3/b18-15-/t30?,31-,32?,33+,35-/m1/s1. The molecule has 1 aromatic rings. The number of allylic oxidation sites excluding steroid dienone is 2. The van der Waals surface area contributed by atoms with Crippen molar-refractivity contribution in [2.75, 3.05) is 7.11 Å². The number of halogens is 1. The first-order valence-corrected chi connectivity index (χ1v) is 23.0. The maximum Gasteiger partial charge on any atom is 0.305 e. The Hall–Kier alpha value is -1.29. The summed E-state index contributed by atoms with van der Waals surface area (Å²) in [6, 6.07) is 8.95. The third-order valence-electron chi connectivity index (χ3n) is 10.6. The fraction of sp³-hybridized carbons (Fsp3) is 0.757. The lowest BCUT2D eigenvalue weighted by atomic mass is 9.84. The topological polar surface area (TPSA) is 44.8 Å². The van der Waals surface area contributed by atoms with Crippen LogP contribution in [0, 0.1) is 5.92 Å². The van der Waals surface area contributed by atoms with Crippen LogP contribution in [-0.4, -0.2) is 42.0 Å². The van der Waals surface area contributed by atoms with Crippen molar-refractivity contribution in [2.45, 2.75) is 167 Å². The quantitative estimate of drug-likeness (QED) is 0.0774. The van der Waals surface area contributed by atoms with E-state index in [9.17, 15) is 4.79 Å². The molecule has 0 amide bonds. The summed E-state index contributed by atoms with van der Waals surface area (Å²) in [6.45, 7) is 25.1. The van der Waals surface area contributed by atoms with Crippen LogP contribution in [0.15, 0.2) is 36.4 Å². The van der Waals surface area contributed by atoms with Crippen LogP contribution in [0.25, 0.3) is 0 Å². The number of carbonyl (C=O) groups is 1. The molecule has 5 atom stereocenters. The Morgan fingerprint density at radius 3 is 2.11 bits per heavy atom. The van der Waals surface area contributed by atoms with Crippen molar-refractivity contribution >= 4 is 22.6 Å². The SMILES string of the molecule is CCCCCC(O[Si](C)(C)C(C)(C)C)c1ccc([C@@H]2C(C/C=C\CCCC(=O)OC)[C@H](F)C[C@@H]2O[Si](C)(C)C(C)(C)C)cc1. The molecular weight excluding hydrogens is 584 g/mol. The molecule has 252 valence electrons. The van der Waals surface area contributed by atoms with Crippen molar-refractivity contribution in [1.82, 2.24) is 0 Å². The van der Waals surface area contributed by atoms with E-state index in [0.717, 1.165) is 25.7 Å². The van der Waals surface area contributed by atoms with Gasteiger partial charge in [-0.15, -0.1) is 0 Å². The van der Waals surface area contributed by atoms with E-state index in [1.165, 1.54) is 31.1 Å². The molecule has 1 fully saturated rings. The highest BCUT2D eigenvalue weighted by molar-refractivity contribution is 6.74. The van der Waals surface area contributed by atoms with E-state index < -0.39 is 22.8 Å². The molecule has 2 rings (SSSR count). The predicted molar refractivity (Wildman–Crippen MR) is 189 cm³/mol. The fourth-order valence-corrected chi connectivity index (χ4v) is 8.32. The minimum Gasteiger partial charge on any atom is -0.469 e. The van der Waals surface area contributed by atoms with Crippen molar-refractivity contribution in [1.29, 1.82) is 0 Å². The molecule has 0 N–H and O–H groups in total. The number of methoxy groups -OCH3 is 1. The first kappa shape index (κ1) is 38.9. The third-order valence-corrected chi connectivity index (χ3v) is 19.6. The highest BCUT2D eigenvalue weighted by Gasteiger charge is 2.49. The number of benzene rings is 1. The zero-order valence-electron chi connectivity index (χ0n) is 30.2. The van der Waals surface area contributed by atoms with Gasteiger partial charge in [0.1, 0.15) is 6.17 Å². The van der Waals surface area contributed by atoms with E-state index in [1.54, 1.807) is 0 Å². The molecule has 0 spiro atoms. The van der Waals surface area contributed by atoms with Gasteiger partial charge in [-0.3, -0.25) is 4.79 Å². The van der Waals surface area contributed by atoms with Gasteiger partial charge in [0.2, 0.25) is 0 Å². The Bertz CT molecular complexity index is 1040. The average Bonchev–Trinajstić information content (AvgIpc) is 3.22. The van der Waals surface area contributed by atoms with E-state index >= 15 is 4.39 Å². The molecule has 0 saturated heterocycles. The molecule has 2 unspecified atom stereocenters. The normalized spacial score (nSPS) is 22.5. The van der Waals surface area contributed by atoms with E-state index in [0.29, 0.717) is 19.3 Å². The Kier molecular flexibility index (Phi) is 14.6. The van der Waals surface area contributed by atoms with Gasteiger partial charge in [-0.05, 0) is 73.1 Å². The van der Waals surface area contributed by atoms with Gasteiger partial charge in [0.05, 0.1) is 19.3 Å². The molecular formula is C37H65FO4Si2. The minimum absolute atomic E-state index is 0.00672. The zero-order valence-corrected chi connectivity index (χ0v) is 32.2. The highest BCUT2D eigenvalue weighted by atomic mass is 28.4. The van der Waals surface area contributed by atoms with Crippen LogP contribution >= 0.6 is 0 Å².